The molecule has 18 heavy (non-hydrogen) atoms. The highest BCUT2D eigenvalue weighted by Crippen LogP contribution is 2.21. The van der Waals surface area contributed by atoms with Crippen LogP contribution in [0.25, 0.3) is 0 Å². The van der Waals surface area contributed by atoms with E-state index in [2.05, 4.69) is 18.6 Å². The monoisotopic (exact) mass is 252 g/mol. The number of Topliss-reactive ketones (excluding diaryl/α,β-unsaturated/α-hetero) is 1. The van der Waals surface area contributed by atoms with E-state index >= 15 is 0 Å². The van der Waals surface area contributed by atoms with E-state index in [-0.39, 0.29) is 23.2 Å². The van der Waals surface area contributed by atoms with Crippen molar-refractivity contribution in [3.05, 3.63) is 23.7 Å². The standard InChI is InChI=1S/C14H20O4/c1-4-6-10(7-5-2)13(15)11-8-9-12(18-11)14(16)17-3/h8-10H,4-7H2,1-3H3. The third-order valence-corrected chi connectivity index (χ3v) is 2.88. The highest BCUT2D eigenvalue weighted by atomic mass is 16.5. The zero-order chi connectivity index (χ0) is 13.5. The first-order chi connectivity index (χ1) is 8.63. The minimum atomic E-state index is -0.559. The average Bonchev–Trinajstić information content (AvgIpc) is 2.86. The van der Waals surface area contributed by atoms with Crippen molar-refractivity contribution in [3.63, 3.8) is 0 Å². The fraction of sp³-hybridized carbons (Fsp3) is 0.571. The summed E-state index contributed by atoms with van der Waals surface area (Å²) in [7, 11) is 1.28. The molecule has 1 heterocycles. The van der Waals surface area contributed by atoms with Crippen LogP contribution < -0.4 is 0 Å². The minimum absolute atomic E-state index is 0.0170. The third-order valence-electron chi connectivity index (χ3n) is 2.88. The number of ether oxygens (including phenoxy) is 1. The van der Waals surface area contributed by atoms with Crippen LogP contribution in [0, 0.1) is 5.92 Å². The Morgan fingerprint density at radius 1 is 1.17 bits per heavy atom. The Kier molecular flexibility index (Phi) is 5.62. The van der Waals surface area contributed by atoms with Crippen molar-refractivity contribution in [3.8, 4) is 0 Å². The molecule has 0 aliphatic carbocycles. The molecule has 0 atom stereocenters. The number of hydrogen-bond donors (Lipinski definition) is 0. The van der Waals surface area contributed by atoms with Crippen molar-refractivity contribution in [1.82, 2.24) is 0 Å². The molecule has 0 spiro atoms. The van der Waals surface area contributed by atoms with Gasteiger partial charge in [-0.2, -0.15) is 0 Å². The Morgan fingerprint density at radius 2 is 1.72 bits per heavy atom. The van der Waals surface area contributed by atoms with Crippen LogP contribution in [0.2, 0.25) is 0 Å². The Morgan fingerprint density at radius 3 is 2.22 bits per heavy atom. The first kappa shape index (κ1) is 14.5. The van der Waals surface area contributed by atoms with Crippen LogP contribution in [0.3, 0.4) is 0 Å². The third kappa shape index (κ3) is 3.45. The smallest absolute Gasteiger partial charge is 0.373 e. The fourth-order valence-corrected chi connectivity index (χ4v) is 1.99. The molecule has 100 valence electrons. The van der Waals surface area contributed by atoms with Crippen LogP contribution in [0.4, 0.5) is 0 Å². The molecule has 0 saturated carbocycles. The number of methoxy groups -OCH3 is 1. The first-order valence-corrected chi connectivity index (χ1v) is 6.36. The molecule has 1 rings (SSSR count). The number of esters is 1. The van der Waals surface area contributed by atoms with Crippen molar-refractivity contribution < 1.29 is 18.7 Å². The molecule has 0 fully saturated rings. The van der Waals surface area contributed by atoms with E-state index in [1.165, 1.54) is 13.2 Å². The van der Waals surface area contributed by atoms with Crippen LogP contribution in [0.1, 0.15) is 60.6 Å². The SMILES string of the molecule is CCCC(CCC)C(=O)c1ccc(C(=O)OC)o1. The van der Waals surface area contributed by atoms with E-state index in [4.69, 9.17) is 4.42 Å². The summed E-state index contributed by atoms with van der Waals surface area (Å²) in [4.78, 5) is 23.4. The van der Waals surface area contributed by atoms with Crippen molar-refractivity contribution in [2.24, 2.45) is 5.92 Å². The molecule has 0 N–H and O–H groups in total. The Bertz CT molecular complexity index is 400. The second kappa shape index (κ2) is 6.99. The largest absolute Gasteiger partial charge is 0.463 e. The summed E-state index contributed by atoms with van der Waals surface area (Å²) in [6, 6.07) is 3.03. The molecule has 4 heteroatoms. The lowest BCUT2D eigenvalue weighted by Gasteiger charge is -2.11. The Labute approximate surface area is 107 Å². The van der Waals surface area contributed by atoms with Gasteiger partial charge in [0.05, 0.1) is 7.11 Å². The van der Waals surface area contributed by atoms with E-state index in [0.29, 0.717) is 0 Å². The normalized spacial score (nSPS) is 10.7. The van der Waals surface area contributed by atoms with Crippen molar-refractivity contribution in [1.29, 1.82) is 0 Å². The van der Waals surface area contributed by atoms with Crippen LogP contribution in [0.5, 0.6) is 0 Å². The van der Waals surface area contributed by atoms with Gasteiger partial charge in [-0.15, -0.1) is 0 Å². The second-order valence-electron chi connectivity index (χ2n) is 4.29. The molecule has 0 bridgehead atoms. The van der Waals surface area contributed by atoms with E-state index in [1.54, 1.807) is 6.07 Å². The zero-order valence-corrected chi connectivity index (χ0v) is 11.2. The van der Waals surface area contributed by atoms with E-state index in [0.717, 1.165) is 25.7 Å². The molecule has 0 amide bonds. The van der Waals surface area contributed by atoms with Crippen molar-refractivity contribution in [2.45, 2.75) is 39.5 Å². The van der Waals surface area contributed by atoms with Crippen LogP contribution in [0.15, 0.2) is 16.5 Å². The summed E-state index contributed by atoms with van der Waals surface area (Å²) in [6.07, 6.45) is 3.61. The number of ketones is 1. The van der Waals surface area contributed by atoms with E-state index < -0.39 is 5.97 Å². The molecular formula is C14H20O4. The summed E-state index contributed by atoms with van der Waals surface area (Å²) >= 11 is 0. The summed E-state index contributed by atoms with van der Waals surface area (Å²) < 4.78 is 9.79. The quantitative estimate of drug-likeness (QED) is 0.550. The average molecular weight is 252 g/mol. The van der Waals surface area contributed by atoms with Crippen molar-refractivity contribution in [2.75, 3.05) is 7.11 Å². The highest BCUT2D eigenvalue weighted by molar-refractivity contribution is 5.96. The number of furan rings is 1. The lowest BCUT2D eigenvalue weighted by molar-refractivity contribution is 0.0562. The maximum Gasteiger partial charge on any atom is 0.373 e. The lowest BCUT2D eigenvalue weighted by atomic mass is 9.92. The summed E-state index contributed by atoms with van der Waals surface area (Å²) in [5, 5.41) is 0. The number of hydrogen-bond acceptors (Lipinski definition) is 4. The fourth-order valence-electron chi connectivity index (χ4n) is 1.99. The first-order valence-electron chi connectivity index (χ1n) is 6.36. The van der Waals surface area contributed by atoms with Gasteiger partial charge in [0.2, 0.25) is 11.5 Å². The topological polar surface area (TPSA) is 56.5 Å². The van der Waals surface area contributed by atoms with Gasteiger partial charge in [-0.3, -0.25) is 4.79 Å². The Hall–Kier alpha value is -1.58. The predicted molar refractivity (Wildman–Crippen MR) is 67.7 cm³/mol. The summed E-state index contributed by atoms with van der Waals surface area (Å²) in [6.45, 7) is 4.11. The van der Waals surface area contributed by atoms with E-state index in [1.807, 2.05) is 0 Å². The summed E-state index contributed by atoms with van der Waals surface area (Å²) in [5.74, 6) is -0.267. The molecule has 4 nitrogen and oxygen atoms in total. The molecule has 1 aromatic rings. The molecule has 0 aliphatic rings. The molecule has 0 radical (unpaired) electrons. The molecular weight excluding hydrogens is 232 g/mol. The van der Waals surface area contributed by atoms with Crippen LogP contribution in [-0.4, -0.2) is 18.9 Å². The predicted octanol–water partition coefficient (Wildman–Crippen LogP) is 3.47. The molecule has 1 aromatic heterocycles. The Balaban J connectivity index is 2.81. The van der Waals surface area contributed by atoms with Gasteiger partial charge in [-0.25, -0.2) is 4.79 Å². The van der Waals surface area contributed by atoms with E-state index in [9.17, 15) is 9.59 Å². The summed E-state index contributed by atoms with van der Waals surface area (Å²) in [5.41, 5.74) is 0. The van der Waals surface area contributed by atoms with Gasteiger partial charge in [0.1, 0.15) is 0 Å². The minimum Gasteiger partial charge on any atom is -0.463 e. The lowest BCUT2D eigenvalue weighted by Crippen LogP contribution is -2.14. The molecule has 0 saturated heterocycles. The van der Waals surface area contributed by atoms with Gasteiger partial charge in [0, 0.05) is 5.92 Å². The zero-order valence-electron chi connectivity index (χ0n) is 11.2. The molecule has 0 unspecified atom stereocenters. The number of rotatable bonds is 7. The van der Waals surface area contributed by atoms with Gasteiger partial charge in [0.25, 0.3) is 0 Å². The molecule has 0 aliphatic heterocycles. The van der Waals surface area contributed by atoms with Gasteiger partial charge < -0.3 is 9.15 Å². The van der Waals surface area contributed by atoms with Gasteiger partial charge in [-0.05, 0) is 25.0 Å². The number of carbonyl (C=O) groups excluding carboxylic acids is 2. The number of carbonyl (C=O) groups is 2. The maximum absolute atomic E-state index is 12.2. The highest BCUT2D eigenvalue weighted by Gasteiger charge is 2.23. The van der Waals surface area contributed by atoms with Gasteiger partial charge >= 0.3 is 5.97 Å². The molecule has 0 aromatic carbocycles. The van der Waals surface area contributed by atoms with Gasteiger partial charge in [0.15, 0.2) is 5.76 Å². The van der Waals surface area contributed by atoms with Crippen LogP contribution >= 0.6 is 0 Å². The van der Waals surface area contributed by atoms with Crippen molar-refractivity contribution >= 4 is 11.8 Å². The van der Waals surface area contributed by atoms with Crippen LogP contribution in [-0.2, 0) is 4.74 Å². The maximum atomic E-state index is 12.2. The van der Waals surface area contributed by atoms with Gasteiger partial charge in [-0.1, -0.05) is 26.7 Å². The second-order valence-corrected chi connectivity index (χ2v) is 4.29.